The van der Waals surface area contributed by atoms with E-state index in [-0.39, 0.29) is 6.61 Å². The standard InChI is InChI=1S/C19H20Cl3NO2/c1-3-8-23-11-13-9-17(22)19(18(10-13)24-4-2)25-12-14-15(20)6-5-7-16(14)21/h3,5-7,9-10,23H,1,4,8,11-12H2,2H3. The fourth-order valence-corrected chi connectivity index (χ4v) is 3.05. The van der Waals surface area contributed by atoms with E-state index >= 15 is 0 Å². The Morgan fingerprint density at radius 2 is 1.80 bits per heavy atom. The Morgan fingerprint density at radius 3 is 2.44 bits per heavy atom. The molecule has 0 bridgehead atoms. The van der Waals surface area contributed by atoms with Crippen molar-refractivity contribution in [3.63, 3.8) is 0 Å². The van der Waals surface area contributed by atoms with Crippen LogP contribution in [0.5, 0.6) is 11.5 Å². The molecule has 0 saturated carbocycles. The van der Waals surface area contributed by atoms with Gasteiger partial charge in [-0.05, 0) is 36.8 Å². The van der Waals surface area contributed by atoms with E-state index in [0.29, 0.717) is 51.8 Å². The molecule has 0 atom stereocenters. The Labute approximate surface area is 163 Å². The lowest BCUT2D eigenvalue weighted by Gasteiger charge is -2.16. The first-order valence-electron chi connectivity index (χ1n) is 7.89. The molecule has 0 aliphatic heterocycles. The molecular formula is C19H20Cl3NO2. The van der Waals surface area contributed by atoms with Gasteiger partial charge in [-0.2, -0.15) is 0 Å². The molecule has 0 fully saturated rings. The molecule has 0 aliphatic carbocycles. The molecule has 0 aliphatic rings. The van der Waals surface area contributed by atoms with Crippen molar-refractivity contribution < 1.29 is 9.47 Å². The first kappa shape index (κ1) is 19.9. The van der Waals surface area contributed by atoms with Crippen LogP contribution in [0.3, 0.4) is 0 Å². The maximum absolute atomic E-state index is 6.41. The summed E-state index contributed by atoms with van der Waals surface area (Å²) in [4.78, 5) is 0. The summed E-state index contributed by atoms with van der Waals surface area (Å²) in [6.07, 6.45) is 1.80. The Balaban J connectivity index is 2.22. The van der Waals surface area contributed by atoms with Crippen LogP contribution in [-0.2, 0) is 13.2 Å². The Hall–Kier alpha value is -1.39. The SMILES string of the molecule is C=CCNCc1cc(Cl)c(OCc2c(Cl)cccc2Cl)c(OCC)c1. The highest BCUT2D eigenvalue weighted by atomic mass is 35.5. The number of hydrogen-bond donors (Lipinski definition) is 1. The zero-order valence-corrected chi connectivity index (χ0v) is 16.2. The van der Waals surface area contributed by atoms with Crippen LogP contribution in [0.15, 0.2) is 43.0 Å². The number of rotatable bonds is 9. The number of ether oxygens (including phenoxy) is 2. The molecule has 0 aromatic heterocycles. The molecule has 3 nitrogen and oxygen atoms in total. The maximum atomic E-state index is 6.41. The van der Waals surface area contributed by atoms with Gasteiger partial charge >= 0.3 is 0 Å². The number of hydrogen-bond acceptors (Lipinski definition) is 3. The monoisotopic (exact) mass is 399 g/mol. The normalized spacial score (nSPS) is 10.6. The zero-order valence-electron chi connectivity index (χ0n) is 14.0. The fraction of sp³-hybridized carbons (Fsp3) is 0.263. The topological polar surface area (TPSA) is 30.5 Å². The van der Waals surface area contributed by atoms with Gasteiger partial charge in [0.2, 0.25) is 0 Å². The first-order valence-corrected chi connectivity index (χ1v) is 9.02. The molecule has 0 amide bonds. The molecule has 0 unspecified atom stereocenters. The summed E-state index contributed by atoms with van der Waals surface area (Å²) in [5, 5.41) is 4.80. The second-order valence-corrected chi connectivity index (χ2v) is 6.47. The Morgan fingerprint density at radius 1 is 1.08 bits per heavy atom. The third-order valence-corrected chi connectivity index (χ3v) is 4.40. The van der Waals surface area contributed by atoms with Gasteiger partial charge in [-0.3, -0.25) is 0 Å². The largest absolute Gasteiger partial charge is 0.490 e. The summed E-state index contributed by atoms with van der Waals surface area (Å²) in [6.45, 7) is 7.66. The summed E-state index contributed by atoms with van der Waals surface area (Å²) in [6, 6.07) is 9.09. The summed E-state index contributed by atoms with van der Waals surface area (Å²) >= 11 is 18.8. The van der Waals surface area contributed by atoms with Gasteiger partial charge in [0.15, 0.2) is 11.5 Å². The van der Waals surface area contributed by atoms with Crippen LogP contribution in [0.1, 0.15) is 18.1 Å². The van der Waals surface area contributed by atoms with E-state index in [1.165, 1.54) is 0 Å². The highest BCUT2D eigenvalue weighted by Gasteiger charge is 2.14. The van der Waals surface area contributed by atoms with E-state index in [4.69, 9.17) is 44.3 Å². The van der Waals surface area contributed by atoms with Gasteiger partial charge in [-0.25, -0.2) is 0 Å². The minimum Gasteiger partial charge on any atom is -0.490 e. The van der Waals surface area contributed by atoms with Crippen LogP contribution < -0.4 is 14.8 Å². The molecule has 0 spiro atoms. The van der Waals surface area contributed by atoms with Crippen LogP contribution in [-0.4, -0.2) is 13.2 Å². The van der Waals surface area contributed by atoms with Gasteiger partial charge in [0, 0.05) is 28.7 Å². The van der Waals surface area contributed by atoms with Gasteiger partial charge in [0.25, 0.3) is 0 Å². The minimum absolute atomic E-state index is 0.201. The van der Waals surface area contributed by atoms with E-state index in [0.717, 1.165) is 5.56 Å². The van der Waals surface area contributed by atoms with Crippen molar-refractivity contribution >= 4 is 34.8 Å². The van der Waals surface area contributed by atoms with Gasteiger partial charge in [-0.15, -0.1) is 6.58 Å². The fourth-order valence-electron chi connectivity index (χ4n) is 2.26. The van der Waals surface area contributed by atoms with Gasteiger partial charge in [0.05, 0.1) is 11.6 Å². The second-order valence-electron chi connectivity index (χ2n) is 5.25. The highest BCUT2D eigenvalue weighted by Crippen LogP contribution is 2.38. The predicted molar refractivity (Wildman–Crippen MR) is 105 cm³/mol. The van der Waals surface area contributed by atoms with Crippen LogP contribution in [0.4, 0.5) is 0 Å². The maximum Gasteiger partial charge on any atom is 0.180 e. The molecule has 0 saturated heterocycles. The predicted octanol–water partition coefficient (Wildman–Crippen LogP) is 5.90. The van der Waals surface area contributed by atoms with Crippen molar-refractivity contribution in [3.8, 4) is 11.5 Å². The van der Waals surface area contributed by atoms with Gasteiger partial charge in [-0.1, -0.05) is 46.9 Å². The van der Waals surface area contributed by atoms with Crippen LogP contribution >= 0.6 is 34.8 Å². The summed E-state index contributed by atoms with van der Waals surface area (Å²) in [5.74, 6) is 1.07. The lowest BCUT2D eigenvalue weighted by molar-refractivity contribution is 0.269. The summed E-state index contributed by atoms with van der Waals surface area (Å²) < 4.78 is 11.6. The lowest BCUT2D eigenvalue weighted by Crippen LogP contribution is -2.13. The molecule has 2 rings (SSSR count). The second kappa shape index (κ2) is 9.93. The molecule has 134 valence electrons. The molecule has 6 heteroatoms. The number of nitrogens with one attached hydrogen (secondary N) is 1. The van der Waals surface area contributed by atoms with E-state index in [2.05, 4.69) is 11.9 Å². The molecule has 0 radical (unpaired) electrons. The van der Waals surface area contributed by atoms with Crippen molar-refractivity contribution in [2.45, 2.75) is 20.1 Å². The van der Waals surface area contributed by atoms with E-state index in [1.54, 1.807) is 24.3 Å². The molecule has 2 aromatic rings. The number of halogens is 3. The van der Waals surface area contributed by atoms with Crippen molar-refractivity contribution in [1.82, 2.24) is 5.32 Å². The van der Waals surface area contributed by atoms with E-state index in [1.807, 2.05) is 19.1 Å². The Kier molecular flexibility index (Phi) is 7.91. The third kappa shape index (κ3) is 5.55. The van der Waals surface area contributed by atoms with Crippen LogP contribution in [0, 0.1) is 0 Å². The zero-order chi connectivity index (χ0) is 18.2. The van der Waals surface area contributed by atoms with Crippen molar-refractivity contribution in [2.24, 2.45) is 0 Å². The number of benzene rings is 2. The minimum atomic E-state index is 0.201. The molecule has 2 aromatic carbocycles. The van der Waals surface area contributed by atoms with E-state index in [9.17, 15) is 0 Å². The summed E-state index contributed by atoms with van der Waals surface area (Å²) in [7, 11) is 0. The van der Waals surface area contributed by atoms with Gasteiger partial charge < -0.3 is 14.8 Å². The first-order chi connectivity index (χ1) is 12.1. The quantitative estimate of drug-likeness (QED) is 0.420. The van der Waals surface area contributed by atoms with Crippen molar-refractivity contribution in [2.75, 3.05) is 13.2 Å². The molecule has 0 heterocycles. The molecule has 25 heavy (non-hydrogen) atoms. The van der Waals surface area contributed by atoms with Crippen molar-refractivity contribution in [1.29, 1.82) is 0 Å². The third-order valence-electron chi connectivity index (χ3n) is 3.41. The molecule has 1 N–H and O–H groups in total. The average Bonchev–Trinajstić information content (AvgIpc) is 2.57. The average molecular weight is 401 g/mol. The Bertz CT molecular complexity index is 715. The lowest BCUT2D eigenvalue weighted by atomic mass is 10.2. The van der Waals surface area contributed by atoms with Crippen molar-refractivity contribution in [3.05, 3.63) is 69.2 Å². The molecular weight excluding hydrogens is 381 g/mol. The van der Waals surface area contributed by atoms with Gasteiger partial charge in [0.1, 0.15) is 6.61 Å². The highest BCUT2D eigenvalue weighted by molar-refractivity contribution is 6.36. The van der Waals surface area contributed by atoms with E-state index < -0.39 is 0 Å². The van der Waals surface area contributed by atoms with Crippen LogP contribution in [0.25, 0.3) is 0 Å². The van der Waals surface area contributed by atoms with Crippen LogP contribution in [0.2, 0.25) is 15.1 Å². The summed E-state index contributed by atoms with van der Waals surface area (Å²) in [5.41, 5.74) is 1.71. The smallest absolute Gasteiger partial charge is 0.180 e.